The third-order valence-electron chi connectivity index (χ3n) is 7.00. The average Bonchev–Trinajstić information content (AvgIpc) is 3.29. The number of benzene rings is 3. The first-order valence-electron chi connectivity index (χ1n) is 12.5. The third kappa shape index (κ3) is 5.64. The third-order valence-corrected chi connectivity index (χ3v) is 7.00. The zero-order chi connectivity index (χ0) is 24.0. The van der Waals surface area contributed by atoms with Crippen molar-refractivity contribution in [2.75, 3.05) is 26.7 Å². The number of amides is 1. The molecule has 1 aromatic heterocycles. The molecule has 2 heterocycles. The maximum absolute atomic E-state index is 13.8. The zero-order valence-corrected chi connectivity index (χ0v) is 20.4. The monoisotopic (exact) mass is 466 g/mol. The van der Waals surface area contributed by atoms with Crippen LogP contribution in [-0.4, -0.2) is 59.5 Å². The Bertz CT molecular complexity index is 1240. The fraction of sp³-hybridized carbons (Fsp3) is 0.300. The van der Waals surface area contributed by atoms with Gasteiger partial charge < -0.3 is 20.1 Å². The zero-order valence-electron chi connectivity index (χ0n) is 20.4. The lowest BCUT2D eigenvalue weighted by molar-refractivity contribution is -0.138. The Balaban J connectivity index is 1.34. The normalized spacial score (nSPS) is 17.3. The van der Waals surface area contributed by atoms with Crippen molar-refractivity contribution in [3.63, 3.8) is 0 Å². The summed E-state index contributed by atoms with van der Waals surface area (Å²) in [6.07, 6.45) is 3.59. The Morgan fingerprint density at radius 1 is 0.943 bits per heavy atom. The molecule has 1 fully saturated rings. The van der Waals surface area contributed by atoms with Gasteiger partial charge in [0.05, 0.1) is 6.04 Å². The van der Waals surface area contributed by atoms with Gasteiger partial charge in [-0.15, -0.1) is 0 Å². The van der Waals surface area contributed by atoms with Gasteiger partial charge in [-0.2, -0.15) is 0 Å². The van der Waals surface area contributed by atoms with E-state index in [9.17, 15) is 4.79 Å². The summed E-state index contributed by atoms with van der Waals surface area (Å²) >= 11 is 0. The van der Waals surface area contributed by atoms with Crippen LogP contribution in [0.2, 0.25) is 0 Å². The minimum Gasteiger partial charge on any atom is -0.361 e. The number of nitrogens with one attached hydrogen (secondary N) is 2. The Hall–Kier alpha value is -3.41. The number of para-hydroxylation sites is 1. The summed E-state index contributed by atoms with van der Waals surface area (Å²) in [4.78, 5) is 21.6. The number of aromatic amines is 1. The fourth-order valence-electron chi connectivity index (χ4n) is 5.28. The van der Waals surface area contributed by atoms with Gasteiger partial charge in [-0.05, 0) is 42.6 Å². The van der Waals surface area contributed by atoms with Crippen LogP contribution in [0.25, 0.3) is 10.9 Å². The quantitative estimate of drug-likeness (QED) is 0.388. The summed E-state index contributed by atoms with van der Waals surface area (Å²) in [6, 6.07) is 29.3. The van der Waals surface area contributed by atoms with Gasteiger partial charge in [-0.1, -0.05) is 78.9 Å². The Morgan fingerprint density at radius 3 is 2.40 bits per heavy atom. The van der Waals surface area contributed by atoms with Gasteiger partial charge >= 0.3 is 0 Å². The van der Waals surface area contributed by atoms with E-state index in [2.05, 4.69) is 99.9 Å². The number of piperazine rings is 1. The highest BCUT2D eigenvalue weighted by molar-refractivity contribution is 5.86. The predicted molar refractivity (Wildman–Crippen MR) is 142 cm³/mol. The maximum atomic E-state index is 13.8. The molecule has 1 saturated heterocycles. The summed E-state index contributed by atoms with van der Waals surface area (Å²) < 4.78 is 0. The smallest absolute Gasteiger partial charge is 0.240 e. The molecule has 180 valence electrons. The van der Waals surface area contributed by atoms with E-state index in [0.29, 0.717) is 6.42 Å². The Morgan fingerprint density at radius 2 is 1.63 bits per heavy atom. The van der Waals surface area contributed by atoms with Gasteiger partial charge in [-0.3, -0.25) is 4.79 Å². The number of H-pyrrole nitrogens is 1. The van der Waals surface area contributed by atoms with Crippen molar-refractivity contribution in [2.24, 2.45) is 0 Å². The number of carbonyl (C=O) groups is 1. The molecule has 1 aliphatic heterocycles. The van der Waals surface area contributed by atoms with Crippen LogP contribution in [0.3, 0.4) is 0 Å². The largest absolute Gasteiger partial charge is 0.361 e. The van der Waals surface area contributed by atoms with Crippen molar-refractivity contribution < 1.29 is 4.79 Å². The first-order valence-corrected chi connectivity index (χ1v) is 12.5. The molecule has 0 bridgehead atoms. The molecule has 1 amide bonds. The molecular formula is C30H34N4O. The number of hydrogen-bond acceptors (Lipinski definition) is 3. The SMILES string of the molecule is CN(Cc1ccccc1)C[C@H](Cc1ccccc1)N1CCNC(Cc2c[nH]c3ccccc23)C1=O. The summed E-state index contributed by atoms with van der Waals surface area (Å²) in [7, 11) is 2.15. The average molecular weight is 467 g/mol. The second-order valence-corrected chi connectivity index (χ2v) is 9.63. The van der Waals surface area contributed by atoms with E-state index in [-0.39, 0.29) is 18.0 Å². The van der Waals surface area contributed by atoms with Crippen molar-refractivity contribution in [1.29, 1.82) is 0 Å². The topological polar surface area (TPSA) is 51.4 Å². The van der Waals surface area contributed by atoms with Gasteiger partial charge in [0.25, 0.3) is 0 Å². The number of carbonyl (C=O) groups excluding carboxylic acids is 1. The Labute approximate surface area is 207 Å². The molecule has 3 aromatic carbocycles. The van der Waals surface area contributed by atoms with Crippen LogP contribution in [0.5, 0.6) is 0 Å². The van der Waals surface area contributed by atoms with Crippen LogP contribution in [0.1, 0.15) is 16.7 Å². The summed E-state index contributed by atoms with van der Waals surface area (Å²) in [5.41, 5.74) is 4.86. The van der Waals surface area contributed by atoms with Crippen LogP contribution in [0, 0.1) is 0 Å². The second-order valence-electron chi connectivity index (χ2n) is 9.63. The number of likely N-dealkylation sites (N-methyl/N-ethyl adjacent to an activating group) is 1. The standard InChI is InChI=1S/C30H34N4O/c1-33(21-24-12-6-3-7-13-24)22-26(18-23-10-4-2-5-11-23)34-17-16-31-29(30(34)35)19-25-20-32-28-15-9-8-14-27(25)28/h2-15,20,26,29,31-32H,16-19,21-22H2,1H3/t26-,29?/m0/s1. The van der Waals surface area contributed by atoms with Crippen molar-refractivity contribution in [1.82, 2.24) is 20.1 Å². The molecule has 0 spiro atoms. The van der Waals surface area contributed by atoms with Crippen LogP contribution in [-0.2, 0) is 24.2 Å². The lowest BCUT2D eigenvalue weighted by Gasteiger charge is -2.40. The molecule has 2 atom stereocenters. The van der Waals surface area contributed by atoms with Crippen LogP contribution in [0.15, 0.2) is 91.1 Å². The lowest BCUT2D eigenvalue weighted by Crippen LogP contribution is -2.60. The lowest BCUT2D eigenvalue weighted by atomic mass is 9.98. The molecule has 1 aliphatic rings. The van der Waals surface area contributed by atoms with Crippen molar-refractivity contribution in [2.45, 2.75) is 31.5 Å². The molecular weight excluding hydrogens is 432 g/mol. The highest BCUT2D eigenvalue weighted by Gasteiger charge is 2.34. The van der Waals surface area contributed by atoms with Gasteiger partial charge in [0, 0.05) is 49.3 Å². The van der Waals surface area contributed by atoms with Gasteiger partial charge in [-0.25, -0.2) is 0 Å². The first-order chi connectivity index (χ1) is 17.2. The number of aromatic nitrogens is 1. The molecule has 1 unspecified atom stereocenters. The number of nitrogens with zero attached hydrogens (tertiary/aromatic N) is 2. The van der Waals surface area contributed by atoms with Crippen LogP contribution >= 0.6 is 0 Å². The van der Waals surface area contributed by atoms with Gasteiger partial charge in [0.1, 0.15) is 0 Å². The minimum atomic E-state index is -0.208. The fourth-order valence-corrected chi connectivity index (χ4v) is 5.28. The van der Waals surface area contributed by atoms with Crippen molar-refractivity contribution in [3.8, 4) is 0 Å². The minimum absolute atomic E-state index is 0.117. The van der Waals surface area contributed by atoms with Crippen molar-refractivity contribution >= 4 is 16.8 Å². The van der Waals surface area contributed by atoms with E-state index in [1.165, 1.54) is 22.1 Å². The summed E-state index contributed by atoms with van der Waals surface area (Å²) in [5, 5.41) is 4.69. The van der Waals surface area contributed by atoms with E-state index < -0.39 is 0 Å². The van der Waals surface area contributed by atoms with Crippen LogP contribution < -0.4 is 5.32 Å². The summed E-state index contributed by atoms with van der Waals surface area (Å²) in [5.74, 6) is 0.204. The van der Waals surface area contributed by atoms with E-state index in [4.69, 9.17) is 0 Å². The van der Waals surface area contributed by atoms with E-state index in [0.717, 1.165) is 38.1 Å². The molecule has 0 aliphatic carbocycles. The van der Waals surface area contributed by atoms with E-state index >= 15 is 0 Å². The summed E-state index contributed by atoms with van der Waals surface area (Å²) in [6.45, 7) is 3.24. The molecule has 5 rings (SSSR count). The first kappa shape index (κ1) is 23.3. The van der Waals surface area contributed by atoms with E-state index in [1.54, 1.807) is 0 Å². The van der Waals surface area contributed by atoms with Gasteiger partial charge in [0.2, 0.25) is 5.91 Å². The number of hydrogen-bond donors (Lipinski definition) is 2. The molecule has 4 aromatic rings. The highest BCUT2D eigenvalue weighted by atomic mass is 16.2. The molecule has 2 N–H and O–H groups in total. The maximum Gasteiger partial charge on any atom is 0.240 e. The molecule has 35 heavy (non-hydrogen) atoms. The highest BCUT2D eigenvalue weighted by Crippen LogP contribution is 2.22. The van der Waals surface area contributed by atoms with Gasteiger partial charge in [0.15, 0.2) is 0 Å². The van der Waals surface area contributed by atoms with E-state index in [1.807, 2.05) is 18.3 Å². The second kappa shape index (κ2) is 10.9. The molecule has 0 radical (unpaired) electrons. The number of fused-ring (bicyclic) bond motifs is 1. The van der Waals surface area contributed by atoms with Crippen molar-refractivity contribution in [3.05, 3.63) is 108 Å². The number of rotatable bonds is 9. The molecule has 5 heteroatoms. The molecule has 0 saturated carbocycles. The Kier molecular flexibility index (Phi) is 7.26. The predicted octanol–water partition coefficient (Wildman–Crippen LogP) is 4.25. The molecule has 5 nitrogen and oxygen atoms in total. The van der Waals surface area contributed by atoms with Crippen LogP contribution in [0.4, 0.5) is 0 Å².